The lowest BCUT2D eigenvalue weighted by Gasteiger charge is -2.06. The van der Waals surface area contributed by atoms with E-state index in [-0.39, 0.29) is 6.04 Å². The quantitative estimate of drug-likeness (QED) is 0.566. The van der Waals surface area contributed by atoms with Crippen LogP contribution in [0.4, 0.5) is 0 Å². The number of nitrogens with two attached hydrogens (primary N) is 1. The fraction of sp³-hybridized carbons (Fsp3) is 0.455. The zero-order valence-corrected chi connectivity index (χ0v) is 7.92. The van der Waals surface area contributed by atoms with Crippen LogP contribution < -0.4 is 5.73 Å². The van der Waals surface area contributed by atoms with E-state index in [4.69, 9.17) is 16.6 Å². The van der Waals surface area contributed by atoms with E-state index in [0.717, 1.165) is 30.8 Å². The largest absolute Gasteiger partial charge is 0.465 e. The molecule has 1 unspecified atom stereocenters. The van der Waals surface area contributed by atoms with E-state index in [2.05, 4.69) is 5.92 Å². The molecule has 0 fully saturated rings. The average Bonchev–Trinajstić information content (AvgIpc) is 2.52. The minimum Gasteiger partial charge on any atom is -0.465 e. The van der Waals surface area contributed by atoms with Crippen LogP contribution in [0.15, 0.2) is 16.5 Å². The van der Waals surface area contributed by atoms with Crippen LogP contribution in [0.3, 0.4) is 0 Å². The molecule has 0 radical (unpaired) electrons. The Hall–Kier alpha value is -1.20. The van der Waals surface area contributed by atoms with Crippen LogP contribution in [0.2, 0.25) is 0 Å². The standard InChI is InChI=1S/C11H15NO/c1-3-4-5-6-10(12)11-8-7-9(2)13-11/h1,7-8,10H,4-6,12H2,2H3. The molecule has 0 saturated heterocycles. The Morgan fingerprint density at radius 3 is 2.92 bits per heavy atom. The SMILES string of the molecule is C#CCCCC(N)c1ccc(C)o1. The minimum atomic E-state index is -0.0120. The predicted molar refractivity (Wildman–Crippen MR) is 53.1 cm³/mol. The maximum absolute atomic E-state index is 5.89. The normalized spacial score (nSPS) is 12.4. The number of hydrogen-bond acceptors (Lipinski definition) is 2. The van der Waals surface area contributed by atoms with Crippen molar-refractivity contribution in [1.29, 1.82) is 0 Å². The summed E-state index contributed by atoms with van der Waals surface area (Å²) in [5, 5.41) is 0. The minimum absolute atomic E-state index is 0.0120. The van der Waals surface area contributed by atoms with Gasteiger partial charge < -0.3 is 10.2 Å². The first-order valence-corrected chi connectivity index (χ1v) is 4.49. The second-order valence-corrected chi connectivity index (χ2v) is 3.15. The Kier molecular flexibility index (Phi) is 3.60. The Bertz CT molecular complexity index is 295. The van der Waals surface area contributed by atoms with Gasteiger partial charge in [0.05, 0.1) is 6.04 Å². The number of hydrogen-bond donors (Lipinski definition) is 1. The molecule has 0 aliphatic heterocycles. The first-order valence-electron chi connectivity index (χ1n) is 4.49. The lowest BCUT2D eigenvalue weighted by Crippen LogP contribution is -2.08. The zero-order chi connectivity index (χ0) is 9.68. The van der Waals surface area contributed by atoms with Gasteiger partial charge in [-0.2, -0.15) is 0 Å². The van der Waals surface area contributed by atoms with E-state index in [1.807, 2.05) is 19.1 Å². The second-order valence-electron chi connectivity index (χ2n) is 3.15. The number of terminal acetylenes is 1. The van der Waals surface area contributed by atoms with Gasteiger partial charge in [-0.25, -0.2) is 0 Å². The molecule has 13 heavy (non-hydrogen) atoms. The molecular formula is C11H15NO. The predicted octanol–water partition coefficient (Wildman–Crippen LogP) is 2.39. The molecule has 1 atom stereocenters. The van der Waals surface area contributed by atoms with Crippen LogP contribution in [0, 0.1) is 19.3 Å². The summed E-state index contributed by atoms with van der Waals surface area (Å²) in [6, 6.07) is 3.84. The van der Waals surface area contributed by atoms with Crippen molar-refractivity contribution in [3.63, 3.8) is 0 Å². The van der Waals surface area contributed by atoms with Gasteiger partial charge in [0.2, 0.25) is 0 Å². The van der Waals surface area contributed by atoms with Gasteiger partial charge in [0, 0.05) is 6.42 Å². The van der Waals surface area contributed by atoms with E-state index in [1.54, 1.807) is 0 Å². The van der Waals surface area contributed by atoms with Crippen LogP contribution in [0.1, 0.15) is 36.8 Å². The van der Waals surface area contributed by atoms with Crippen molar-refractivity contribution in [3.05, 3.63) is 23.7 Å². The third-order valence-corrected chi connectivity index (χ3v) is 1.96. The summed E-state index contributed by atoms with van der Waals surface area (Å²) >= 11 is 0. The maximum atomic E-state index is 5.89. The van der Waals surface area contributed by atoms with Gasteiger partial charge in [0.25, 0.3) is 0 Å². The average molecular weight is 177 g/mol. The van der Waals surface area contributed by atoms with Crippen LogP contribution >= 0.6 is 0 Å². The van der Waals surface area contributed by atoms with E-state index < -0.39 is 0 Å². The fourth-order valence-corrected chi connectivity index (χ4v) is 1.22. The van der Waals surface area contributed by atoms with Crippen LogP contribution in [0.5, 0.6) is 0 Å². The van der Waals surface area contributed by atoms with Gasteiger partial charge in [-0.3, -0.25) is 0 Å². The van der Waals surface area contributed by atoms with Gasteiger partial charge in [0.1, 0.15) is 11.5 Å². The summed E-state index contributed by atoms with van der Waals surface area (Å²) in [5.41, 5.74) is 5.89. The van der Waals surface area contributed by atoms with Crippen molar-refractivity contribution in [1.82, 2.24) is 0 Å². The van der Waals surface area contributed by atoms with Gasteiger partial charge in [0.15, 0.2) is 0 Å². The number of unbranched alkanes of at least 4 members (excludes halogenated alkanes) is 1. The third kappa shape index (κ3) is 2.96. The Balaban J connectivity index is 2.40. The maximum Gasteiger partial charge on any atom is 0.120 e. The van der Waals surface area contributed by atoms with E-state index in [9.17, 15) is 0 Å². The molecule has 1 aromatic heterocycles. The topological polar surface area (TPSA) is 39.2 Å². The van der Waals surface area contributed by atoms with Gasteiger partial charge >= 0.3 is 0 Å². The molecule has 2 nitrogen and oxygen atoms in total. The molecule has 0 aliphatic rings. The molecule has 0 aromatic carbocycles. The van der Waals surface area contributed by atoms with Crippen molar-refractivity contribution < 1.29 is 4.42 Å². The van der Waals surface area contributed by atoms with Crippen molar-refractivity contribution >= 4 is 0 Å². The molecule has 0 saturated carbocycles. The molecule has 2 heteroatoms. The molecule has 1 rings (SSSR count). The third-order valence-electron chi connectivity index (χ3n) is 1.96. The molecule has 0 aliphatic carbocycles. The molecule has 1 aromatic rings. The van der Waals surface area contributed by atoms with Crippen LogP contribution in [0.25, 0.3) is 0 Å². The summed E-state index contributed by atoms with van der Waals surface area (Å²) in [5.74, 6) is 4.35. The molecule has 0 bridgehead atoms. The van der Waals surface area contributed by atoms with E-state index in [0.29, 0.717) is 0 Å². The fourth-order valence-electron chi connectivity index (χ4n) is 1.22. The smallest absolute Gasteiger partial charge is 0.120 e. The van der Waals surface area contributed by atoms with E-state index >= 15 is 0 Å². The monoisotopic (exact) mass is 177 g/mol. The molecule has 0 amide bonds. The van der Waals surface area contributed by atoms with Crippen molar-refractivity contribution in [3.8, 4) is 12.3 Å². The lowest BCUT2D eigenvalue weighted by molar-refractivity contribution is 0.430. The second kappa shape index (κ2) is 4.74. The van der Waals surface area contributed by atoms with E-state index in [1.165, 1.54) is 0 Å². The Morgan fingerprint density at radius 2 is 2.38 bits per heavy atom. The van der Waals surface area contributed by atoms with Gasteiger partial charge in [-0.05, 0) is 31.9 Å². The summed E-state index contributed by atoms with van der Waals surface area (Å²) in [6.45, 7) is 1.91. The molecule has 70 valence electrons. The number of rotatable bonds is 4. The highest BCUT2D eigenvalue weighted by Crippen LogP contribution is 2.18. The Morgan fingerprint density at radius 1 is 1.62 bits per heavy atom. The first-order chi connectivity index (χ1) is 6.24. The van der Waals surface area contributed by atoms with Crippen LogP contribution in [-0.4, -0.2) is 0 Å². The Labute approximate surface area is 79.1 Å². The molecule has 0 spiro atoms. The highest BCUT2D eigenvalue weighted by Gasteiger charge is 2.08. The number of aryl methyl sites for hydroxylation is 1. The summed E-state index contributed by atoms with van der Waals surface area (Å²) in [7, 11) is 0. The summed E-state index contributed by atoms with van der Waals surface area (Å²) in [4.78, 5) is 0. The lowest BCUT2D eigenvalue weighted by atomic mass is 10.1. The van der Waals surface area contributed by atoms with Crippen molar-refractivity contribution in [2.45, 2.75) is 32.2 Å². The first kappa shape index (κ1) is 9.88. The van der Waals surface area contributed by atoms with Crippen LogP contribution in [-0.2, 0) is 0 Å². The van der Waals surface area contributed by atoms with Gasteiger partial charge in [-0.1, -0.05) is 0 Å². The summed E-state index contributed by atoms with van der Waals surface area (Å²) < 4.78 is 5.40. The summed E-state index contributed by atoms with van der Waals surface area (Å²) in [6.07, 6.45) is 7.77. The zero-order valence-electron chi connectivity index (χ0n) is 7.92. The number of furan rings is 1. The molecule has 1 heterocycles. The van der Waals surface area contributed by atoms with Crippen molar-refractivity contribution in [2.24, 2.45) is 5.73 Å². The van der Waals surface area contributed by atoms with Gasteiger partial charge in [-0.15, -0.1) is 12.3 Å². The molecule has 2 N–H and O–H groups in total. The highest BCUT2D eigenvalue weighted by atomic mass is 16.3. The highest BCUT2D eigenvalue weighted by molar-refractivity contribution is 5.09. The molecular weight excluding hydrogens is 162 g/mol. The van der Waals surface area contributed by atoms with Crippen molar-refractivity contribution in [2.75, 3.05) is 0 Å².